The third kappa shape index (κ3) is 5.00. The SMILES string of the molecule is CC(=O)NC(C)c1nnc(SCc2cccc(C)c2)n1-c1ccc([N+](=O)[O-])cc1. The number of nitrogens with zero attached hydrogens (tertiary/aromatic N) is 4. The number of amides is 1. The Morgan fingerprint density at radius 3 is 2.59 bits per heavy atom. The van der Waals surface area contributed by atoms with E-state index in [0.29, 0.717) is 22.4 Å². The quantitative estimate of drug-likeness (QED) is 0.358. The van der Waals surface area contributed by atoms with Crippen molar-refractivity contribution in [3.63, 3.8) is 0 Å². The fourth-order valence-corrected chi connectivity index (χ4v) is 3.84. The van der Waals surface area contributed by atoms with Gasteiger partial charge in [0.15, 0.2) is 11.0 Å². The first-order chi connectivity index (χ1) is 13.8. The lowest BCUT2D eigenvalue weighted by molar-refractivity contribution is -0.384. The highest BCUT2D eigenvalue weighted by Gasteiger charge is 2.21. The highest BCUT2D eigenvalue weighted by molar-refractivity contribution is 7.98. The fourth-order valence-electron chi connectivity index (χ4n) is 2.94. The van der Waals surface area contributed by atoms with Crippen LogP contribution in [0.3, 0.4) is 0 Å². The number of nitro benzene ring substituents is 1. The van der Waals surface area contributed by atoms with E-state index in [1.54, 1.807) is 12.1 Å². The van der Waals surface area contributed by atoms with Crippen LogP contribution in [-0.4, -0.2) is 25.6 Å². The number of benzene rings is 2. The van der Waals surface area contributed by atoms with Crippen molar-refractivity contribution in [1.29, 1.82) is 0 Å². The van der Waals surface area contributed by atoms with Gasteiger partial charge in [-0.2, -0.15) is 0 Å². The van der Waals surface area contributed by atoms with Gasteiger partial charge in [0, 0.05) is 30.5 Å². The van der Waals surface area contributed by atoms with E-state index in [2.05, 4.69) is 21.6 Å². The lowest BCUT2D eigenvalue weighted by Crippen LogP contribution is -2.26. The van der Waals surface area contributed by atoms with Crippen LogP contribution in [0.15, 0.2) is 53.7 Å². The summed E-state index contributed by atoms with van der Waals surface area (Å²) in [5.74, 6) is 1.08. The largest absolute Gasteiger partial charge is 0.347 e. The highest BCUT2D eigenvalue weighted by Crippen LogP contribution is 2.28. The van der Waals surface area contributed by atoms with Gasteiger partial charge < -0.3 is 5.32 Å². The van der Waals surface area contributed by atoms with E-state index in [-0.39, 0.29) is 17.6 Å². The predicted molar refractivity (Wildman–Crippen MR) is 111 cm³/mol. The van der Waals surface area contributed by atoms with Crippen molar-refractivity contribution >= 4 is 23.4 Å². The van der Waals surface area contributed by atoms with Gasteiger partial charge in [-0.25, -0.2) is 0 Å². The molecule has 1 amide bonds. The van der Waals surface area contributed by atoms with Gasteiger partial charge in [-0.3, -0.25) is 19.5 Å². The summed E-state index contributed by atoms with van der Waals surface area (Å²) in [7, 11) is 0. The number of nitrogens with one attached hydrogen (secondary N) is 1. The summed E-state index contributed by atoms with van der Waals surface area (Å²) in [4.78, 5) is 22.0. The third-order valence-electron chi connectivity index (χ3n) is 4.23. The van der Waals surface area contributed by atoms with Gasteiger partial charge in [-0.05, 0) is 31.5 Å². The molecule has 8 nitrogen and oxygen atoms in total. The van der Waals surface area contributed by atoms with Crippen LogP contribution in [0, 0.1) is 17.0 Å². The third-order valence-corrected chi connectivity index (χ3v) is 5.23. The molecule has 0 aliphatic carbocycles. The normalized spacial score (nSPS) is 11.8. The van der Waals surface area contributed by atoms with Gasteiger partial charge in [-0.1, -0.05) is 41.6 Å². The van der Waals surface area contributed by atoms with Crippen LogP contribution < -0.4 is 5.32 Å². The Bertz CT molecular complexity index is 1030. The van der Waals surface area contributed by atoms with E-state index in [0.717, 1.165) is 5.56 Å². The summed E-state index contributed by atoms with van der Waals surface area (Å²) in [5, 5.41) is 23.0. The first-order valence-electron chi connectivity index (χ1n) is 9.00. The van der Waals surface area contributed by atoms with Crippen molar-refractivity contribution in [2.24, 2.45) is 0 Å². The molecule has 150 valence electrons. The fraction of sp³-hybridized carbons (Fsp3) is 0.250. The molecule has 0 saturated carbocycles. The monoisotopic (exact) mass is 411 g/mol. The Hall–Kier alpha value is -3.20. The second-order valence-corrected chi connectivity index (χ2v) is 7.59. The van der Waals surface area contributed by atoms with E-state index < -0.39 is 4.92 Å². The van der Waals surface area contributed by atoms with Crippen molar-refractivity contribution in [3.8, 4) is 5.69 Å². The first-order valence-corrected chi connectivity index (χ1v) is 9.99. The number of thioether (sulfide) groups is 1. The summed E-state index contributed by atoms with van der Waals surface area (Å²) in [6, 6.07) is 14.0. The van der Waals surface area contributed by atoms with E-state index in [1.807, 2.05) is 36.6 Å². The molecule has 0 spiro atoms. The second-order valence-electron chi connectivity index (χ2n) is 6.65. The van der Waals surface area contributed by atoms with Gasteiger partial charge in [-0.15, -0.1) is 10.2 Å². The zero-order valence-electron chi connectivity index (χ0n) is 16.3. The van der Waals surface area contributed by atoms with Crippen LogP contribution in [0.25, 0.3) is 5.69 Å². The van der Waals surface area contributed by atoms with E-state index >= 15 is 0 Å². The number of nitro groups is 1. The number of aromatic nitrogens is 3. The molecule has 1 heterocycles. The van der Waals surface area contributed by atoms with Crippen LogP contribution in [0.1, 0.15) is 36.8 Å². The first kappa shape index (κ1) is 20.5. The molecule has 3 rings (SSSR count). The van der Waals surface area contributed by atoms with Gasteiger partial charge >= 0.3 is 0 Å². The zero-order valence-corrected chi connectivity index (χ0v) is 17.1. The highest BCUT2D eigenvalue weighted by atomic mass is 32.2. The van der Waals surface area contributed by atoms with Crippen molar-refractivity contribution < 1.29 is 9.72 Å². The number of non-ortho nitro benzene ring substituents is 1. The Kier molecular flexibility index (Phi) is 6.28. The predicted octanol–water partition coefficient (Wildman–Crippen LogP) is 3.97. The second kappa shape index (κ2) is 8.87. The van der Waals surface area contributed by atoms with Crippen LogP contribution in [0.2, 0.25) is 0 Å². The molecule has 9 heteroatoms. The molecule has 0 saturated heterocycles. The van der Waals surface area contributed by atoms with E-state index in [4.69, 9.17) is 0 Å². The molecule has 1 unspecified atom stereocenters. The number of aryl methyl sites for hydroxylation is 1. The minimum atomic E-state index is -0.440. The average molecular weight is 411 g/mol. The van der Waals surface area contributed by atoms with Gasteiger partial charge in [0.05, 0.1) is 11.0 Å². The number of rotatable bonds is 7. The lowest BCUT2D eigenvalue weighted by atomic mass is 10.2. The number of carbonyl (C=O) groups excluding carboxylic acids is 1. The minimum absolute atomic E-state index is 0.00671. The van der Waals surface area contributed by atoms with Crippen LogP contribution in [-0.2, 0) is 10.5 Å². The Morgan fingerprint density at radius 2 is 1.97 bits per heavy atom. The molecule has 0 fully saturated rings. The number of hydrogen-bond acceptors (Lipinski definition) is 6. The van der Waals surface area contributed by atoms with E-state index in [9.17, 15) is 14.9 Å². The molecule has 1 aromatic heterocycles. The van der Waals surface area contributed by atoms with E-state index in [1.165, 1.54) is 36.4 Å². The molecular weight excluding hydrogens is 390 g/mol. The van der Waals surface area contributed by atoms with Crippen LogP contribution >= 0.6 is 11.8 Å². The molecule has 0 aliphatic heterocycles. The smallest absolute Gasteiger partial charge is 0.269 e. The summed E-state index contributed by atoms with van der Waals surface area (Å²) in [6.07, 6.45) is 0. The average Bonchev–Trinajstić information content (AvgIpc) is 3.10. The molecule has 29 heavy (non-hydrogen) atoms. The summed E-state index contributed by atoms with van der Waals surface area (Å²) >= 11 is 1.51. The Labute approximate surface area is 172 Å². The maximum Gasteiger partial charge on any atom is 0.269 e. The summed E-state index contributed by atoms with van der Waals surface area (Å²) < 4.78 is 1.82. The maximum absolute atomic E-state index is 11.5. The van der Waals surface area contributed by atoms with Crippen molar-refractivity contribution in [2.75, 3.05) is 0 Å². The lowest BCUT2D eigenvalue weighted by Gasteiger charge is -2.15. The Balaban J connectivity index is 1.96. The molecule has 2 aromatic carbocycles. The van der Waals surface area contributed by atoms with Crippen molar-refractivity contribution in [1.82, 2.24) is 20.1 Å². The van der Waals surface area contributed by atoms with Crippen molar-refractivity contribution in [3.05, 3.63) is 75.6 Å². The molecule has 0 bridgehead atoms. The van der Waals surface area contributed by atoms with Crippen LogP contribution in [0.5, 0.6) is 0 Å². The zero-order chi connectivity index (χ0) is 21.0. The number of hydrogen-bond donors (Lipinski definition) is 1. The molecule has 1 N–H and O–H groups in total. The summed E-state index contributed by atoms with van der Waals surface area (Å²) in [6.45, 7) is 5.31. The molecule has 0 aliphatic rings. The van der Waals surface area contributed by atoms with Gasteiger partial charge in [0.1, 0.15) is 0 Å². The Morgan fingerprint density at radius 1 is 1.24 bits per heavy atom. The molecular formula is C20H21N5O3S. The summed E-state index contributed by atoms with van der Waals surface area (Å²) in [5.41, 5.74) is 3.04. The minimum Gasteiger partial charge on any atom is -0.347 e. The van der Waals surface area contributed by atoms with Crippen LogP contribution in [0.4, 0.5) is 5.69 Å². The van der Waals surface area contributed by atoms with Gasteiger partial charge in [0.2, 0.25) is 5.91 Å². The maximum atomic E-state index is 11.5. The topological polar surface area (TPSA) is 103 Å². The standard InChI is InChI=1S/C20H21N5O3S/c1-13-5-4-6-16(11-13)12-29-20-23-22-19(14(2)21-15(3)26)24(20)17-7-9-18(10-8-17)25(27)28/h4-11,14H,12H2,1-3H3,(H,21,26). The molecule has 0 radical (unpaired) electrons. The number of carbonyl (C=O) groups is 1. The molecule has 1 atom stereocenters. The van der Waals surface area contributed by atoms with Crippen molar-refractivity contribution in [2.45, 2.75) is 37.7 Å². The molecule has 3 aromatic rings. The van der Waals surface area contributed by atoms with Gasteiger partial charge in [0.25, 0.3) is 5.69 Å².